The number of rotatable bonds is 9. The third-order valence-corrected chi connectivity index (χ3v) is 7.01. The summed E-state index contributed by atoms with van der Waals surface area (Å²) in [6.45, 7) is 4.50. The summed E-state index contributed by atoms with van der Waals surface area (Å²) in [6, 6.07) is 25.8. The van der Waals surface area contributed by atoms with Crippen molar-refractivity contribution in [1.29, 1.82) is 0 Å². The van der Waals surface area contributed by atoms with Gasteiger partial charge in [0.25, 0.3) is 0 Å². The number of nitrogens with zero attached hydrogens (tertiary/aromatic N) is 1. The van der Waals surface area contributed by atoms with Crippen molar-refractivity contribution in [3.63, 3.8) is 0 Å². The second kappa shape index (κ2) is 11.8. The number of amides is 2. The summed E-state index contributed by atoms with van der Waals surface area (Å²) in [4.78, 5) is 29.4. The predicted octanol–water partition coefficient (Wildman–Crippen LogP) is 5.54. The summed E-state index contributed by atoms with van der Waals surface area (Å²) >= 11 is 0. The summed E-state index contributed by atoms with van der Waals surface area (Å²) < 4.78 is 0. The van der Waals surface area contributed by atoms with Gasteiger partial charge in [-0.05, 0) is 48.9 Å². The molecule has 4 heteroatoms. The second-order valence-electron chi connectivity index (χ2n) is 9.81. The molecule has 1 aliphatic carbocycles. The average molecular weight is 469 g/mol. The van der Waals surface area contributed by atoms with Gasteiger partial charge in [0.2, 0.25) is 11.8 Å². The average Bonchev–Trinajstić information content (AvgIpc) is 3.36. The molecule has 1 saturated carbocycles. The molecule has 0 heterocycles. The molecule has 1 unspecified atom stereocenters. The second-order valence-corrected chi connectivity index (χ2v) is 9.81. The Labute approximate surface area is 209 Å². The van der Waals surface area contributed by atoms with Crippen molar-refractivity contribution in [3.05, 3.63) is 107 Å². The molecule has 1 atom stereocenters. The molecule has 1 aliphatic rings. The normalized spacial score (nSPS) is 14.5. The van der Waals surface area contributed by atoms with Crippen LogP contribution in [0.25, 0.3) is 0 Å². The first-order valence-corrected chi connectivity index (χ1v) is 12.7. The number of benzene rings is 3. The van der Waals surface area contributed by atoms with E-state index in [-0.39, 0.29) is 24.3 Å². The van der Waals surface area contributed by atoms with Crippen LogP contribution in [-0.4, -0.2) is 28.8 Å². The molecule has 4 rings (SSSR count). The standard InChI is InChI=1S/C31H36N2O2/c1-23-11-10-15-26(19-23)21-30(34)33(22-27-16-7-6-12-24(27)2)29(20-25-13-4-3-5-14-25)31(35)32-28-17-8-9-18-28/h3-7,10-16,19,28-29H,8-9,17-18,20-22H2,1-2H3,(H,32,35). The molecule has 3 aromatic carbocycles. The molecule has 3 aromatic rings. The van der Waals surface area contributed by atoms with Crippen LogP contribution in [0.5, 0.6) is 0 Å². The van der Waals surface area contributed by atoms with Crippen molar-refractivity contribution in [2.24, 2.45) is 0 Å². The largest absolute Gasteiger partial charge is 0.352 e. The SMILES string of the molecule is Cc1cccc(CC(=O)N(Cc2ccccc2C)C(Cc2ccccc2)C(=O)NC2CCCC2)c1. The van der Waals surface area contributed by atoms with Crippen LogP contribution in [0, 0.1) is 13.8 Å². The number of nitrogens with one attached hydrogen (secondary N) is 1. The topological polar surface area (TPSA) is 49.4 Å². The van der Waals surface area contributed by atoms with Gasteiger partial charge in [0.05, 0.1) is 6.42 Å². The highest BCUT2D eigenvalue weighted by Crippen LogP contribution is 2.21. The lowest BCUT2D eigenvalue weighted by atomic mass is 9.99. The molecule has 0 bridgehead atoms. The first-order valence-electron chi connectivity index (χ1n) is 12.7. The van der Waals surface area contributed by atoms with Gasteiger partial charge in [-0.2, -0.15) is 0 Å². The Hall–Kier alpha value is -3.40. The lowest BCUT2D eigenvalue weighted by Gasteiger charge is -2.33. The van der Waals surface area contributed by atoms with Gasteiger partial charge in [-0.15, -0.1) is 0 Å². The molecule has 1 fully saturated rings. The summed E-state index contributed by atoms with van der Waals surface area (Å²) in [5.41, 5.74) is 5.34. The van der Waals surface area contributed by atoms with Crippen molar-refractivity contribution in [2.75, 3.05) is 0 Å². The van der Waals surface area contributed by atoms with E-state index in [9.17, 15) is 9.59 Å². The summed E-state index contributed by atoms with van der Waals surface area (Å²) in [5.74, 6) is -0.0757. The minimum Gasteiger partial charge on any atom is -0.352 e. The van der Waals surface area contributed by atoms with Crippen LogP contribution < -0.4 is 5.32 Å². The van der Waals surface area contributed by atoms with Crippen LogP contribution in [0.4, 0.5) is 0 Å². The summed E-state index contributed by atoms with van der Waals surface area (Å²) in [6.07, 6.45) is 5.08. The maximum atomic E-state index is 13.9. The Morgan fingerprint density at radius 1 is 0.886 bits per heavy atom. The minimum atomic E-state index is -0.574. The van der Waals surface area contributed by atoms with E-state index < -0.39 is 6.04 Å². The molecule has 0 aliphatic heterocycles. The zero-order valence-electron chi connectivity index (χ0n) is 20.9. The number of hydrogen-bond acceptors (Lipinski definition) is 2. The van der Waals surface area contributed by atoms with E-state index in [2.05, 4.69) is 30.4 Å². The zero-order valence-corrected chi connectivity index (χ0v) is 20.9. The third kappa shape index (κ3) is 6.82. The first-order chi connectivity index (χ1) is 17.0. The van der Waals surface area contributed by atoms with Crippen LogP contribution in [0.1, 0.15) is 53.5 Å². The number of carbonyl (C=O) groups is 2. The number of carbonyl (C=O) groups excluding carboxylic acids is 2. The molecule has 182 valence electrons. The molecular formula is C31H36N2O2. The minimum absolute atomic E-state index is 0.0265. The van der Waals surface area contributed by atoms with Gasteiger partial charge in [0.15, 0.2) is 0 Å². The maximum Gasteiger partial charge on any atom is 0.243 e. The van der Waals surface area contributed by atoms with Gasteiger partial charge in [-0.1, -0.05) is 97.3 Å². The Morgan fingerprint density at radius 3 is 2.29 bits per heavy atom. The fraction of sp³-hybridized carbons (Fsp3) is 0.355. The summed E-state index contributed by atoms with van der Waals surface area (Å²) in [7, 11) is 0. The Balaban J connectivity index is 1.67. The zero-order chi connectivity index (χ0) is 24.6. The quantitative estimate of drug-likeness (QED) is 0.448. The first kappa shape index (κ1) is 24.7. The van der Waals surface area contributed by atoms with E-state index in [0.29, 0.717) is 13.0 Å². The van der Waals surface area contributed by atoms with Crippen molar-refractivity contribution in [1.82, 2.24) is 10.2 Å². The van der Waals surface area contributed by atoms with Gasteiger partial charge in [-0.3, -0.25) is 9.59 Å². The highest BCUT2D eigenvalue weighted by molar-refractivity contribution is 5.89. The smallest absolute Gasteiger partial charge is 0.243 e. The number of aryl methyl sites for hydroxylation is 2. The van der Waals surface area contributed by atoms with Crippen molar-refractivity contribution < 1.29 is 9.59 Å². The molecular weight excluding hydrogens is 432 g/mol. The highest BCUT2D eigenvalue weighted by Gasteiger charge is 2.32. The summed E-state index contributed by atoms with van der Waals surface area (Å²) in [5, 5.41) is 3.28. The lowest BCUT2D eigenvalue weighted by Crippen LogP contribution is -2.52. The molecule has 0 spiro atoms. The van der Waals surface area contributed by atoms with E-state index in [0.717, 1.165) is 53.5 Å². The Bertz CT molecular complexity index is 1140. The van der Waals surface area contributed by atoms with E-state index in [1.54, 1.807) is 0 Å². The van der Waals surface area contributed by atoms with Crippen LogP contribution >= 0.6 is 0 Å². The van der Waals surface area contributed by atoms with Gasteiger partial charge in [-0.25, -0.2) is 0 Å². The molecule has 0 saturated heterocycles. The predicted molar refractivity (Wildman–Crippen MR) is 141 cm³/mol. The van der Waals surface area contributed by atoms with E-state index in [1.165, 1.54) is 0 Å². The fourth-order valence-corrected chi connectivity index (χ4v) is 4.99. The van der Waals surface area contributed by atoms with Gasteiger partial charge < -0.3 is 10.2 Å². The molecule has 35 heavy (non-hydrogen) atoms. The van der Waals surface area contributed by atoms with Crippen LogP contribution in [0.3, 0.4) is 0 Å². The van der Waals surface area contributed by atoms with E-state index in [1.807, 2.05) is 72.5 Å². The van der Waals surface area contributed by atoms with E-state index >= 15 is 0 Å². The highest BCUT2D eigenvalue weighted by atomic mass is 16.2. The van der Waals surface area contributed by atoms with E-state index in [4.69, 9.17) is 0 Å². The molecule has 0 aromatic heterocycles. The fourth-order valence-electron chi connectivity index (χ4n) is 4.99. The van der Waals surface area contributed by atoms with Crippen LogP contribution in [0.2, 0.25) is 0 Å². The van der Waals surface area contributed by atoms with Crippen LogP contribution in [-0.2, 0) is 29.0 Å². The van der Waals surface area contributed by atoms with Crippen molar-refractivity contribution in [2.45, 2.75) is 71.0 Å². The Morgan fingerprint density at radius 2 is 1.57 bits per heavy atom. The van der Waals surface area contributed by atoms with Crippen LogP contribution in [0.15, 0.2) is 78.9 Å². The molecule has 0 radical (unpaired) electrons. The molecule has 4 nitrogen and oxygen atoms in total. The van der Waals surface area contributed by atoms with Gasteiger partial charge in [0.1, 0.15) is 6.04 Å². The lowest BCUT2D eigenvalue weighted by molar-refractivity contribution is -0.141. The maximum absolute atomic E-state index is 13.9. The number of hydrogen-bond donors (Lipinski definition) is 1. The molecule has 2 amide bonds. The third-order valence-electron chi connectivity index (χ3n) is 7.01. The van der Waals surface area contributed by atoms with Crippen molar-refractivity contribution in [3.8, 4) is 0 Å². The molecule has 1 N–H and O–H groups in total. The van der Waals surface area contributed by atoms with Crippen molar-refractivity contribution >= 4 is 11.8 Å². The monoisotopic (exact) mass is 468 g/mol. The van der Waals surface area contributed by atoms with Gasteiger partial charge in [0, 0.05) is 19.0 Å². The Kier molecular flexibility index (Phi) is 8.36. The van der Waals surface area contributed by atoms with Gasteiger partial charge >= 0.3 is 0 Å².